The zero-order valence-corrected chi connectivity index (χ0v) is 13.7. The number of terminal acetylenes is 1. The van der Waals surface area contributed by atoms with E-state index < -0.39 is 12.9 Å². The number of nitrogens with zero attached hydrogens (tertiary/aromatic N) is 1. The van der Waals surface area contributed by atoms with E-state index in [1.165, 1.54) is 0 Å². The molecular formula is C14H26NO4P. The van der Waals surface area contributed by atoms with Crippen molar-refractivity contribution in [3.63, 3.8) is 0 Å². The minimum atomic E-state index is -3.57. The number of hydrogen-bond donors (Lipinski definition) is 1. The van der Waals surface area contributed by atoms with Gasteiger partial charge in [0.15, 0.2) is 5.34 Å². The van der Waals surface area contributed by atoms with Gasteiger partial charge in [0.25, 0.3) is 0 Å². The maximum Gasteiger partial charge on any atom is 0.362 e. The Bertz CT molecular complexity index is 398. The van der Waals surface area contributed by atoms with Gasteiger partial charge in [0.1, 0.15) is 0 Å². The SMILES string of the molecule is C#CCN1C[C@H](C)[C@@](O)(P(=O)(OCC)OCC)C[C@@H]1C. The molecule has 1 N–H and O–H groups in total. The summed E-state index contributed by atoms with van der Waals surface area (Å²) in [5.41, 5.74) is 0. The van der Waals surface area contributed by atoms with Crippen molar-refractivity contribution in [3.8, 4) is 12.3 Å². The van der Waals surface area contributed by atoms with Crippen LogP contribution in [-0.4, -0.2) is 47.7 Å². The summed E-state index contributed by atoms with van der Waals surface area (Å²) in [7, 11) is -3.57. The molecule has 116 valence electrons. The lowest BCUT2D eigenvalue weighted by Crippen LogP contribution is -2.55. The molecule has 1 saturated heterocycles. The van der Waals surface area contributed by atoms with Gasteiger partial charge in [0, 0.05) is 24.9 Å². The molecule has 0 amide bonds. The summed E-state index contributed by atoms with van der Waals surface area (Å²) in [6.45, 7) is 8.91. The summed E-state index contributed by atoms with van der Waals surface area (Å²) >= 11 is 0. The van der Waals surface area contributed by atoms with E-state index in [-0.39, 0.29) is 25.2 Å². The standard InChI is InChI=1S/C14H26NO4P/c1-6-9-15-11-12(4)14(16,10-13(15)5)20(17,18-7-2)19-8-3/h1,12-13,16H,7-11H2,2-5H3/t12-,13-,14-/m0/s1. The van der Waals surface area contributed by atoms with E-state index in [4.69, 9.17) is 15.5 Å². The topological polar surface area (TPSA) is 59.0 Å². The van der Waals surface area contributed by atoms with Crippen molar-refractivity contribution in [1.29, 1.82) is 0 Å². The Morgan fingerprint density at radius 1 is 1.40 bits per heavy atom. The van der Waals surface area contributed by atoms with Crippen LogP contribution in [0.25, 0.3) is 0 Å². The largest absolute Gasteiger partial charge is 0.377 e. The highest BCUT2D eigenvalue weighted by Crippen LogP contribution is 2.64. The van der Waals surface area contributed by atoms with Crippen molar-refractivity contribution in [1.82, 2.24) is 4.90 Å². The predicted molar refractivity (Wildman–Crippen MR) is 79.5 cm³/mol. The Labute approximate surface area is 122 Å². The molecule has 6 heteroatoms. The molecular weight excluding hydrogens is 277 g/mol. The normalized spacial score (nSPS) is 32.0. The first kappa shape index (κ1) is 17.7. The van der Waals surface area contributed by atoms with E-state index in [1.807, 2.05) is 13.8 Å². The number of likely N-dealkylation sites (tertiary alicyclic amines) is 1. The molecule has 0 aromatic carbocycles. The van der Waals surface area contributed by atoms with Crippen LogP contribution in [0, 0.1) is 18.3 Å². The Balaban J connectivity index is 3.02. The van der Waals surface area contributed by atoms with Gasteiger partial charge in [-0.2, -0.15) is 0 Å². The maximum absolute atomic E-state index is 13.0. The van der Waals surface area contributed by atoms with Gasteiger partial charge in [-0.15, -0.1) is 6.42 Å². The molecule has 0 unspecified atom stereocenters. The molecule has 1 aliphatic rings. The molecule has 1 rings (SSSR count). The first-order chi connectivity index (χ1) is 9.34. The highest BCUT2D eigenvalue weighted by Gasteiger charge is 2.56. The molecule has 1 aliphatic heterocycles. The fourth-order valence-corrected chi connectivity index (χ4v) is 5.07. The molecule has 5 nitrogen and oxygen atoms in total. The molecule has 3 atom stereocenters. The van der Waals surface area contributed by atoms with Gasteiger partial charge in [0.05, 0.1) is 19.8 Å². The zero-order valence-electron chi connectivity index (χ0n) is 12.8. The lowest BCUT2D eigenvalue weighted by Gasteiger charge is -2.48. The molecule has 1 fully saturated rings. The van der Waals surface area contributed by atoms with Gasteiger partial charge >= 0.3 is 7.60 Å². The van der Waals surface area contributed by atoms with E-state index in [0.29, 0.717) is 19.5 Å². The summed E-state index contributed by atoms with van der Waals surface area (Å²) in [6, 6.07) is 0.0292. The summed E-state index contributed by atoms with van der Waals surface area (Å²) in [5, 5.41) is 9.53. The Morgan fingerprint density at radius 3 is 2.40 bits per heavy atom. The number of rotatable bonds is 6. The van der Waals surface area contributed by atoms with Crippen LogP contribution in [0.1, 0.15) is 34.1 Å². The van der Waals surface area contributed by atoms with Crippen molar-refractivity contribution in [2.24, 2.45) is 5.92 Å². The Kier molecular flexibility index (Phi) is 6.25. The molecule has 0 saturated carbocycles. The third-order valence-corrected chi connectivity index (χ3v) is 6.65. The second kappa shape index (κ2) is 7.06. The van der Waals surface area contributed by atoms with Gasteiger partial charge in [-0.1, -0.05) is 12.8 Å². The minimum absolute atomic E-state index is 0.0292. The molecule has 0 radical (unpaired) electrons. The molecule has 0 aromatic rings. The lowest BCUT2D eigenvalue weighted by atomic mass is 9.91. The first-order valence-electron chi connectivity index (χ1n) is 7.13. The summed E-state index contributed by atoms with van der Waals surface area (Å²) < 4.78 is 23.7. The number of piperidine rings is 1. The van der Waals surface area contributed by atoms with Crippen LogP contribution in [0.5, 0.6) is 0 Å². The van der Waals surface area contributed by atoms with Crippen molar-refractivity contribution < 1.29 is 18.7 Å². The number of hydrogen-bond acceptors (Lipinski definition) is 5. The quantitative estimate of drug-likeness (QED) is 0.603. The highest BCUT2D eigenvalue weighted by atomic mass is 31.2. The van der Waals surface area contributed by atoms with Crippen LogP contribution in [0.3, 0.4) is 0 Å². The van der Waals surface area contributed by atoms with E-state index >= 15 is 0 Å². The smallest absolute Gasteiger partial charge is 0.362 e. The van der Waals surface area contributed by atoms with E-state index in [9.17, 15) is 9.67 Å². The van der Waals surface area contributed by atoms with E-state index in [1.54, 1.807) is 13.8 Å². The summed E-state index contributed by atoms with van der Waals surface area (Å²) in [4.78, 5) is 2.10. The fourth-order valence-electron chi connectivity index (χ4n) is 2.76. The Morgan fingerprint density at radius 2 is 1.95 bits per heavy atom. The number of aliphatic hydroxyl groups is 1. The molecule has 0 aliphatic carbocycles. The van der Waals surface area contributed by atoms with Crippen LogP contribution in [-0.2, 0) is 13.6 Å². The van der Waals surface area contributed by atoms with Crippen LogP contribution in [0.2, 0.25) is 0 Å². The van der Waals surface area contributed by atoms with E-state index in [0.717, 1.165) is 0 Å². The van der Waals surface area contributed by atoms with E-state index in [2.05, 4.69) is 10.8 Å². The highest BCUT2D eigenvalue weighted by molar-refractivity contribution is 7.55. The lowest BCUT2D eigenvalue weighted by molar-refractivity contribution is -0.0447. The summed E-state index contributed by atoms with van der Waals surface area (Å²) in [5.74, 6) is 2.38. The van der Waals surface area contributed by atoms with Crippen molar-refractivity contribution >= 4 is 7.60 Å². The summed E-state index contributed by atoms with van der Waals surface area (Å²) in [6.07, 6.45) is 5.68. The van der Waals surface area contributed by atoms with Crippen molar-refractivity contribution in [2.45, 2.75) is 45.5 Å². The van der Waals surface area contributed by atoms with Gasteiger partial charge < -0.3 is 14.2 Å². The third-order valence-electron chi connectivity index (χ3n) is 3.88. The molecule has 0 bridgehead atoms. The van der Waals surface area contributed by atoms with Gasteiger partial charge in [-0.25, -0.2) is 0 Å². The second-order valence-corrected chi connectivity index (χ2v) is 7.59. The van der Waals surface area contributed by atoms with Gasteiger partial charge in [0.2, 0.25) is 0 Å². The van der Waals surface area contributed by atoms with Crippen molar-refractivity contribution in [3.05, 3.63) is 0 Å². The van der Waals surface area contributed by atoms with Gasteiger partial charge in [-0.05, 0) is 20.8 Å². The average Bonchev–Trinajstić information content (AvgIpc) is 2.36. The monoisotopic (exact) mass is 303 g/mol. The molecule has 1 heterocycles. The second-order valence-electron chi connectivity index (χ2n) is 5.30. The third kappa shape index (κ3) is 3.27. The van der Waals surface area contributed by atoms with Crippen molar-refractivity contribution in [2.75, 3.05) is 26.3 Å². The predicted octanol–water partition coefficient (Wildman–Crippen LogP) is 2.30. The van der Waals surface area contributed by atoms with Crippen LogP contribution in [0.15, 0.2) is 0 Å². The Hall–Kier alpha value is -0.370. The van der Waals surface area contributed by atoms with Crippen LogP contribution >= 0.6 is 7.60 Å². The zero-order chi connectivity index (χ0) is 15.4. The first-order valence-corrected chi connectivity index (χ1v) is 8.68. The van der Waals surface area contributed by atoms with Crippen LogP contribution < -0.4 is 0 Å². The molecule has 0 aromatic heterocycles. The average molecular weight is 303 g/mol. The van der Waals surface area contributed by atoms with Gasteiger partial charge in [-0.3, -0.25) is 9.46 Å². The molecule has 0 spiro atoms. The maximum atomic E-state index is 13.0. The van der Waals surface area contributed by atoms with Crippen LogP contribution in [0.4, 0.5) is 0 Å². The fraction of sp³-hybridized carbons (Fsp3) is 0.857. The minimum Gasteiger partial charge on any atom is -0.377 e. The molecule has 20 heavy (non-hydrogen) atoms.